The van der Waals surface area contributed by atoms with Crippen LogP contribution in [0.5, 0.6) is 5.75 Å². The number of hydrogen-bond acceptors (Lipinski definition) is 6. The van der Waals surface area contributed by atoms with E-state index in [-0.39, 0.29) is 11.4 Å². The Morgan fingerprint density at radius 2 is 2.14 bits per heavy atom. The van der Waals surface area contributed by atoms with Crippen molar-refractivity contribution in [3.8, 4) is 5.75 Å². The quantitative estimate of drug-likeness (QED) is 0.665. The Kier molecular flexibility index (Phi) is 4.89. The number of hydrogen-bond donors (Lipinski definition) is 3. The third-order valence-corrected chi connectivity index (χ3v) is 4.22. The molecule has 21 heavy (non-hydrogen) atoms. The lowest BCUT2D eigenvalue weighted by Crippen LogP contribution is -2.24. The highest BCUT2D eigenvalue weighted by molar-refractivity contribution is 7.89. The minimum atomic E-state index is -3.62. The topological polar surface area (TPSA) is 109 Å². The summed E-state index contributed by atoms with van der Waals surface area (Å²) in [6.45, 7) is 0.560. The zero-order valence-corrected chi connectivity index (χ0v) is 12.6. The van der Waals surface area contributed by atoms with Crippen LogP contribution in [0.2, 0.25) is 0 Å². The van der Waals surface area contributed by atoms with Crippen LogP contribution in [0.1, 0.15) is 11.4 Å². The molecule has 0 saturated carbocycles. The summed E-state index contributed by atoms with van der Waals surface area (Å²) >= 11 is 0. The lowest BCUT2D eigenvalue weighted by atomic mass is 10.2. The number of nitrogens with one attached hydrogen (secondary N) is 3. The number of methoxy groups -OCH3 is 1. The van der Waals surface area contributed by atoms with Gasteiger partial charge in [-0.25, -0.2) is 18.1 Å². The highest BCUT2D eigenvalue weighted by Crippen LogP contribution is 2.22. The second kappa shape index (κ2) is 6.66. The van der Waals surface area contributed by atoms with E-state index in [9.17, 15) is 8.42 Å². The minimum Gasteiger partial charge on any atom is -0.496 e. The third kappa shape index (κ3) is 3.78. The average Bonchev–Trinajstić information content (AvgIpc) is 2.99. The molecule has 2 rings (SSSR count). The number of aromatic nitrogens is 3. The van der Waals surface area contributed by atoms with E-state index < -0.39 is 10.0 Å². The monoisotopic (exact) mass is 311 g/mol. The summed E-state index contributed by atoms with van der Waals surface area (Å²) in [5.74, 6) is 1.08. The van der Waals surface area contributed by atoms with Crippen LogP contribution in [0.4, 0.5) is 0 Å². The van der Waals surface area contributed by atoms with Crippen LogP contribution in [-0.2, 0) is 23.1 Å². The molecule has 2 aromatic rings. The van der Waals surface area contributed by atoms with Crippen molar-refractivity contribution in [1.29, 1.82) is 0 Å². The zero-order chi connectivity index (χ0) is 15.3. The highest BCUT2D eigenvalue weighted by Gasteiger charge is 2.16. The summed E-state index contributed by atoms with van der Waals surface area (Å²) in [5.41, 5.74) is 0.766. The first-order valence-electron chi connectivity index (χ1n) is 6.22. The Balaban J connectivity index is 2.20. The fourth-order valence-corrected chi connectivity index (χ4v) is 2.85. The number of rotatable bonds is 7. The fraction of sp³-hybridized carbons (Fsp3) is 0.333. The van der Waals surface area contributed by atoms with Crippen molar-refractivity contribution in [2.45, 2.75) is 18.0 Å². The van der Waals surface area contributed by atoms with Crippen LogP contribution in [0.15, 0.2) is 29.4 Å². The Bertz CT molecular complexity index is 685. The summed E-state index contributed by atoms with van der Waals surface area (Å²) in [6, 6.07) is 4.72. The van der Waals surface area contributed by atoms with Crippen molar-refractivity contribution < 1.29 is 13.2 Å². The van der Waals surface area contributed by atoms with E-state index in [2.05, 4.69) is 25.2 Å². The van der Waals surface area contributed by atoms with Gasteiger partial charge in [0.1, 0.15) is 17.9 Å². The first-order valence-corrected chi connectivity index (χ1v) is 7.70. The minimum absolute atomic E-state index is 0.0513. The number of H-pyrrole nitrogens is 1. The van der Waals surface area contributed by atoms with Gasteiger partial charge >= 0.3 is 0 Å². The van der Waals surface area contributed by atoms with Crippen molar-refractivity contribution in [3.63, 3.8) is 0 Å². The molecule has 0 unspecified atom stereocenters. The van der Waals surface area contributed by atoms with E-state index in [4.69, 9.17) is 4.74 Å². The first kappa shape index (κ1) is 15.4. The Labute approximate surface area is 123 Å². The van der Waals surface area contributed by atoms with E-state index in [0.717, 1.165) is 5.56 Å². The zero-order valence-electron chi connectivity index (χ0n) is 11.8. The molecule has 1 heterocycles. The van der Waals surface area contributed by atoms with Gasteiger partial charge in [0.25, 0.3) is 0 Å². The van der Waals surface area contributed by atoms with Crippen molar-refractivity contribution in [3.05, 3.63) is 35.9 Å². The van der Waals surface area contributed by atoms with Crippen molar-refractivity contribution in [2.24, 2.45) is 0 Å². The number of aromatic amines is 1. The molecule has 0 fully saturated rings. The van der Waals surface area contributed by atoms with Crippen molar-refractivity contribution in [2.75, 3.05) is 14.2 Å². The normalized spacial score (nSPS) is 11.5. The van der Waals surface area contributed by atoms with E-state index in [1.165, 1.54) is 12.4 Å². The second-order valence-corrected chi connectivity index (χ2v) is 6.03. The number of benzene rings is 1. The summed E-state index contributed by atoms with van der Waals surface area (Å²) < 4.78 is 32.2. The molecule has 0 aliphatic rings. The van der Waals surface area contributed by atoms with Gasteiger partial charge in [0.15, 0.2) is 0 Å². The molecular formula is C12H17N5O3S. The predicted octanol–water partition coefficient (Wildman–Crippen LogP) is 0.0112. The number of ether oxygens (including phenoxy) is 1. The van der Waals surface area contributed by atoms with Crippen LogP contribution in [-0.4, -0.2) is 37.8 Å². The van der Waals surface area contributed by atoms with Gasteiger partial charge in [0, 0.05) is 12.1 Å². The maximum Gasteiger partial charge on any atom is 0.240 e. The number of nitrogens with zero attached hydrogens (tertiary/aromatic N) is 2. The van der Waals surface area contributed by atoms with Gasteiger partial charge in [0.05, 0.1) is 18.6 Å². The highest BCUT2D eigenvalue weighted by atomic mass is 32.2. The molecule has 1 aromatic carbocycles. The summed E-state index contributed by atoms with van der Waals surface area (Å²) in [6.07, 6.45) is 1.32. The molecule has 0 saturated heterocycles. The lowest BCUT2D eigenvalue weighted by Gasteiger charge is -2.11. The van der Waals surface area contributed by atoms with Gasteiger partial charge in [-0.3, -0.25) is 5.10 Å². The summed E-state index contributed by atoms with van der Waals surface area (Å²) in [7, 11) is -0.296. The summed E-state index contributed by atoms with van der Waals surface area (Å²) in [5, 5.41) is 9.23. The van der Waals surface area contributed by atoms with E-state index >= 15 is 0 Å². The van der Waals surface area contributed by atoms with Crippen LogP contribution < -0.4 is 14.8 Å². The Morgan fingerprint density at radius 3 is 2.76 bits per heavy atom. The molecule has 0 bridgehead atoms. The first-order chi connectivity index (χ1) is 10.1. The largest absolute Gasteiger partial charge is 0.496 e. The van der Waals surface area contributed by atoms with Crippen LogP contribution in [0.3, 0.4) is 0 Å². The molecule has 0 aliphatic heterocycles. The van der Waals surface area contributed by atoms with Gasteiger partial charge in [-0.2, -0.15) is 5.10 Å². The maximum atomic E-state index is 12.2. The van der Waals surface area contributed by atoms with E-state index in [1.807, 2.05) is 0 Å². The molecule has 0 atom stereocenters. The Hall–Kier alpha value is -1.97. The van der Waals surface area contributed by atoms with E-state index in [1.54, 1.807) is 26.3 Å². The Morgan fingerprint density at radius 1 is 1.33 bits per heavy atom. The molecule has 3 N–H and O–H groups in total. The fourth-order valence-electron chi connectivity index (χ4n) is 1.81. The van der Waals surface area contributed by atoms with Gasteiger partial charge in [-0.05, 0) is 25.2 Å². The average molecular weight is 311 g/mol. The molecular weight excluding hydrogens is 294 g/mol. The van der Waals surface area contributed by atoms with Crippen LogP contribution >= 0.6 is 0 Å². The number of sulfonamides is 1. The van der Waals surface area contributed by atoms with Crippen LogP contribution in [0, 0.1) is 0 Å². The second-order valence-electron chi connectivity index (χ2n) is 4.26. The summed E-state index contributed by atoms with van der Waals surface area (Å²) in [4.78, 5) is 4.04. The van der Waals surface area contributed by atoms with E-state index in [0.29, 0.717) is 18.1 Å². The molecule has 0 spiro atoms. The third-order valence-electron chi connectivity index (χ3n) is 2.82. The van der Waals surface area contributed by atoms with Gasteiger partial charge in [0.2, 0.25) is 10.0 Å². The predicted molar refractivity (Wildman–Crippen MR) is 76.2 cm³/mol. The van der Waals surface area contributed by atoms with Gasteiger partial charge < -0.3 is 10.1 Å². The van der Waals surface area contributed by atoms with Crippen molar-refractivity contribution >= 4 is 10.0 Å². The SMILES string of the molecule is CNCc1cc(S(=O)(=O)NCc2ncn[nH]2)ccc1OC. The smallest absolute Gasteiger partial charge is 0.240 e. The lowest BCUT2D eigenvalue weighted by molar-refractivity contribution is 0.408. The molecule has 8 nitrogen and oxygen atoms in total. The van der Waals surface area contributed by atoms with Crippen LogP contribution in [0.25, 0.3) is 0 Å². The molecule has 0 radical (unpaired) electrons. The molecule has 1 aromatic heterocycles. The van der Waals surface area contributed by atoms with Gasteiger partial charge in [-0.1, -0.05) is 0 Å². The molecule has 114 valence electrons. The molecule has 0 amide bonds. The maximum absolute atomic E-state index is 12.2. The molecule has 0 aliphatic carbocycles. The van der Waals surface area contributed by atoms with Gasteiger partial charge in [-0.15, -0.1) is 0 Å². The molecule has 9 heteroatoms. The standard InChI is InChI=1S/C12H17N5O3S/c1-13-6-9-5-10(3-4-11(9)20-2)21(18,19)16-7-12-14-8-15-17-12/h3-5,8,13,16H,6-7H2,1-2H3,(H,14,15,17). The van der Waals surface area contributed by atoms with Crippen molar-refractivity contribution in [1.82, 2.24) is 25.2 Å².